The summed E-state index contributed by atoms with van der Waals surface area (Å²) in [6.45, 7) is 0.214. The van der Waals surface area contributed by atoms with E-state index >= 15 is 0 Å². The van der Waals surface area contributed by atoms with Gasteiger partial charge in [-0.15, -0.1) is 0 Å². The van der Waals surface area contributed by atoms with E-state index in [0.717, 1.165) is 5.56 Å². The standard InChI is InChI=1S/C16H14ClFO3/c17-13-8-12(6-7-15(19)20)9-14(18)16(13)21-10-11-4-2-1-3-5-11/h1-5,8-9H,6-7,10H2,(H,19,20). The van der Waals surface area contributed by atoms with E-state index in [9.17, 15) is 9.18 Å². The third-order valence-corrected chi connectivity index (χ3v) is 3.19. The molecule has 0 aliphatic heterocycles. The van der Waals surface area contributed by atoms with Crippen LogP contribution in [0.5, 0.6) is 5.75 Å². The molecular formula is C16H14ClFO3. The Morgan fingerprint density at radius 3 is 2.52 bits per heavy atom. The average molecular weight is 309 g/mol. The van der Waals surface area contributed by atoms with Crippen LogP contribution in [0.2, 0.25) is 5.02 Å². The lowest BCUT2D eigenvalue weighted by Gasteiger charge is -2.11. The molecule has 0 fully saturated rings. The molecule has 5 heteroatoms. The molecule has 0 heterocycles. The number of carboxylic acids is 1. The molecule has 2 aromatic rings. The van der Waals surface area contributed by atoms with Gasteiger partial charge in [0.2, 0.25) is 0 Å². The Bertz CT molecular complexity index is 606. The molecule has 0 saturated heterocycles. The van der Waals surface area contributed by atoms with Crippen LogP contribution in [-0.4, -0.2) is 11.1 Å². The van der Waals surface area contributed by atoms with Crippen molar-refractivity contribution in [3.05, 3.63) is 64.4 Å². The summed E-state index contributed by atoms with van der Waals surface area (Å²) in [6, 6.07) is 12.1. The maximum Gasteiger partial charge on any atom is 0.303 e. The normalized spacial score (nSPS) is 10.4. The first-order chi connectivity index (χ1) is 10.1. The number of hydrogen-bond donors (Lipinski definition) is 1. The molecule has 0 bridgehead atoms. The van der Waals surface area contributed by atoms with Crippen LogP contribution >= 0.6 is 11.6 Å². The van der Waals surface area contributed by atoms with Crippen molar-refractivity contribution in [1.82, 2.24) is 0 Å². The van der Waals surface area contributed by atoms with Gasteiger partial charge in [0, 0.05) is 6.42 Å². The molecular weight excluding hydrogens is 295 g/mol. The number of aryl methyl sites for hydroxylation is 1. The zero-order valence-electron chi connectivity index (χ0n) is 11.2. The molecule has 110 valence electrons. The van der Waals surface area contributed by atoms with E-state index in [1.54, 1.807) is 0 Å². The molecule has 0 unspecified atom stereocenters. The highest BCUT2D eigenvalue weighted by Gasteiger charge is 2.12. The van der Waals surface area contributed by atoms with Gasteiger partial charge in [-0.05, 0) is 29.7 Å². The van der Waals surface area contributed by atoms with Gasteiger partial charge < -0.3 is 9.84 Å². The molecule has 1 N–H and O–H groups in total. The van der Waals surface area contributed by atoms with Crippen LogP contribution < -0.4 is 4.74 Å². The molecule has 2 aromatic carbocycles. The summed E-state index contributed by atoms with van der Waals surface area (Å²) in [5, 5.41) is 8.77. The summed E-state index contributed by atoms with van der Waals surface area (Å²) in [5.74, 6) is -1.53. The van der Waals surface area contributed by atoms with Gasteiger partial charge >= 0.3 is 5.97 Å². The second kappa shape index (κ2) is 7.09. The Kier molecular flexibility index (Phi) is 5.17. The third-order valence-electron chi connectivity index (χ3n) is 2.91. The number of halogens is 2. The quantitative estimate of drug-likeness (QED) is 0.875. The topological polar surface area (TPSA) is 46.5 Å². The smallest absolute Gasteiger partial charge is 0.303 e. The first kappa shape index (κ1) is 15.3. The lowest BCUT2D eigenvalue weighted by molar-refractivity contribution is -0.136. The second-order valence-electron chi connectivity index (χ2n) is 4.56. The molecule has 0 aliphatic carbocycles. The first-order valence-electron chi connectivity index (χ1n) is 6.42. The van der Waals surface area contributed by atoms with Gasteiger partial charge in [0.05, 0.1) is 5.02 Å². The lowest BCUT2D eigenvalue weighted by Crippen LogP contribution is -2.01. The number of benzene rings is 2. The van der Waals surface area contributed by atoms with E-state index in [1.165, 1.54) is 12.1 Å². The summed E-state index contributed by atoms with van der Waals surface area (Å²) in [7, 11) is 0. The second-order valence-corrected chi connectivity index (χ2v) is 4.96. The van der Waals surface area contributed by atoms with Crippen molar-refractivity contribution in [3.8, 4) is 5.75 Å². The van der Waals surface area contributed by atoms with Gasteiger partial charge in [0.15, 0.2) is 11.6 Å². The minimum atomic E-state index is -0.934. The van der Waals surface area contributed by atoms with Crippen molar-refractivity contribution in [1.29, 1.82) is 0 Å². The Morgan fingerprint density at radius 1 is 1.19 bits per heavy atom. The number of aliphatic carboxylic acids is 1. The van der Waals surface area contributed by atoms with E-state index < -0.39 is 11.8 Å². The predicted molar refractivity (Wildman–Crippen MR) is 78.1 cm³/mol. The van der Waals surface area contributed by atoms with Gasteiger partial charge in [-0.2, -0.15) is 0 Å². The van der Waals surface area contributed by atoms with Crippen molar-refractivity contribution >= 4 is 17.6 Å². The van der Waals surface area contributed by atoms with Crippen LogP contribution in [0.1, 0.15) is 17.5 Å². The Labute approximate surface area is 126 Å². The van der Waals surface area contributed by atoms with E-state index in [2.05, 4.69) is 0 Å². The van der Waals surface area contributed by atoms with E-state index in [4.69, 9.17) is 21.4 Å². The van der Waals surface area contributed by atoms with Gasteiger partial charge in [0.1, 0.15) is 6.61 Å². The first-order valence-corrected chi connectivity index (χ1v) is 6.80. The predicted octanol–water partition coefficient (Wildman–Crippen LogP) is 4.08. The third kappa shape index (κ3) is 4.46. The van der Waals surface area contributed by atoms with Gasteiger partial charge in [-0.25, -0.2) is 4.39 Å². The zero-order chi connectivity index (χ0) is 15.2. The highest BCUT2D eigenvalue weighted by Crippen LogP contribution is 2.30. The number of carbonyl (C=O) groups is 1. The maximum atomic E-state index is 14.0. The van der Waals surface area contributed by atoms with Crippen LogP contribution in [0.15, 0.2) is 42.5 Å². The van der Waals surface area contributed by atoms with E-state index in [-0.39, 0.29) is 30.2 Å². The highest BCUT2D eigenvalue weighted by atomic mass is 35.5. The molecule has 21 heavy (non-hydrogen) atoms. The van der Waals surface area contributed by atoms with Crippen LogP contribution in [0.25, 0.3) is 0 Å². The Hall–Kier alpha value is -2.07. The summed E-state index contributed by atoms with van der Waals surface area (Å²) in [5.41, 5.74) is 1.44. The summed E-state index contributed by atoms with van der Waals surface area (Å²) in [4.78, 5) is 10.5. The summed E-state index contributed by atoms with van der Waals surface area (Å²) >= 11 is 6.00. The minimum Gasteiger partial charge on any atom is -0.484 e. The average Bonchev–Trinajstić information content (AvgIpc) is 2.45. The number of hydrogen-bond acceptors (Lipinski definition) is 2. The van der Waals surface area contributed by atoms with Crippen LogP contribution in [0, 0.1) is 5.82 Å². The molecule has 0 radical (unpaired) electrons. The minimum absolute atomic E-state index is 0.0143. The van der Waals surface area contributed by atoms with Crippen LogP contribution in [-0.2, 0) is 17.8 Å². The van der Waals surface area contributed by atoms with Crippen molar-refractivity contribution in [3.63, 3.8) is 0 Å². The van der Waals surface area contributed by atoms with Crippen LogP contribution in [0.3, 0.4) is 0 Å². The fourth-order valence-electron chi connectivity index (χ4n) is 1.88. The monoisotopic (exact) mass is 308 g/mol. The molecule has 0 atom stereocenters. The molecule has 0 spiro atoms. The molecule has 0 amide bonds. The number of ether oxygens (including phenoxy) is 1. The fraction of sp³-hybridized carbons (Fsp3) is 0.188. The number of rotatable bonds is 6. The van der Waals surface area contributed by atoms with Crippen molar-refractivity contribution < 1.29 is 19.0 Å². The van der Waals surface area contributed by atoms with Gasteiger partial charge in [-0.3, -0.25) is 4.79 Å². The van der Waals surface area contributed by atoms with Gasteiger partial charge in [-0.1, -0.05) is 41.9 Å². The summed E-state index contributed by atoms with van der Waals surface area (Å²) < 4.78 is 19.4. The molecule has 0 aliphatic rings. The Morgan fingerprint density at radius 2 is 1.90 bits per heavy atom. The summed E-state index contributed by atoms with van der Waals surface area (Å²) in [6.07, 6.45) is 0.158. The number of carboxylic acid groups (broad SMARTS) is 1. The van der Waals surface area contributed by atoms with Gasteiger partial charge in [0.25, 0.3) is 0 Å². The SMILES string of the molecule is O=C(O)CCc1cc(F)c(OCc2ccccc2)c(Cl)c1. The van der Waals surface area contributed by atoms with Crippen molar-refractivity contribution in [2.45, 2.75) is 19.4 Å². The van der Waals surface area contributed by atoms with Crippen molar-refractivity contribution in [2.75, 3.05) is 0 Å². The van der Waals surface area contributed by atoms with E-state index in [1.807, 2.05) is 30.3 Å². The maximum absolute atomic E-state index is 14.0. The lowest BCUT2D eigenvalue weighted by atomic mass is 10.1. The zero-order valence-corrected chi connectivity index (χ0v) is 11.9. The molecule has 0 aromatic heterocycles. The molecule has 2 rings (SSSR count). The fourth-order valence-corrected chi connectivity index (χ4v) is 2.16. The van der Waals surface area contributed by atoms with E-state index in [0.29, 0.717) is 5.56 Å². The highest BCUT2D eigenvalue weighted by molar-refractivity contribution is 6.32. The van der Waals surface area contributed by atoms with Crippen molar-refractivity contribution in [2.24, 2.45) is 0 Å². The Balaban J connectivity index is 2.08. The largest absolute Gasteiger partial charge is 0.484 e. The molecule has 0 saturated carbocycles. The molecule has 3 nitrogen and oxygen atoms in total. The van der Waals surface area contributed by atoms with Crippen LogP contribution in [0.4, 0.5) is 4.39 Å².